The minimum atomic E-state index is -4.82. The van der Waals surface area contributed by atoms with Crippen molar-refractivity contribution < 1.29 is 37.9 Å². The Hall–Kier alpha value is -2.88. The molecule has 176 valence electrons. The molecule has 2 unspecified atom stereocenters. The van der Waals surface area contributed by atoms with Crippen LogP contribution in [0.15, 0.2) is 35.6 Å². The lowest BCUT2D eigenvalue weighted by molar-refractivity contribution is -0.145. The molecule has 0 aliphatic carbocycles. The van der Waals surface area contributed by atoms with Crippen molar-refractivity contribution in [3.8, 4) is 0 Å². The summed E-state index contributed by atoms with van der Waals surface area (Å²) in [4.78, 5) is 39.4. The zero-order chi connectivity index (χ0) is 24.4. The molecule has 0 spiro atoms. The van der Waals surface area contributed by atoms with Crippen LogP contribution in [0.3, 0.4) is 0 Å². The third-order valence-corrected chi connectivity index (χ3v) is 5.31. The van der Waals surface area contributed by atoms with Crippen LogP contribution in [0.1, 0.15) is 64.1 Å². The van der Waals surface area contributed by atoms with Crippen LogP contribution in [0.5, 0.6) is 0 Å². The molecule has 3 N–H and O–H groups in total. The lowest BCUT2D eigenvalue weighted by Crippen LogP contribution is -2.49. The maximum absolute atomic E-state index is 13.8. The van der Waals surface area contributed by atoms with Gasteiger partial charge in [0, 0.05) is 5.41 Å². The lowest BCUT2D eigenvalue weighted by Gasteiger charge is -2.35. The number of aliphatic hydroxyl groups excluding tert-OH is 1. The summed E-state index contributed by atoms with van der Waals surface area (Å²) in [6.45, 7) is 6.32. The molecular formula is C22H27F3N2O5. The van der Waals surface area contributed by atoms with E-state index in [2.05, 4.69) is 0 Å². The number of nitrogens with one attached hydrogen (secondary N) is 1. The third-order valence-electron chi connectivity index (χ3n) is 5.31. The number of hydrogen-bond acceptors (Lipinski definition) is 5. The summed E-state index contributed by atoms with van der Waals surface area (Å²) in [7, 11) is 0. The quantitative estimate of drug-likeness (QED) is 0.423. The van der Waals surface area contributed by atoms with E-state index >= 15 is 0 Å². The molecule has 2 amide bonds. The molecule has 10 heteroatoms. The second kappa shape index (κ2) is 9.32. The molecule has 7 nitrogen and oxygen atoms in total. The topological polar surface area (TPSA) is 107 Å². The standard InChI is InChI=1S/C22H27F3N2O5/c1-5-6-11-14(19(30)26-32)27-16(12-9-7-8-10-13(12)22(23,24)25)15(17(28)20(27)31)18(29)21(2,3)4/h7-10,14,16,28,32H,5-6,11H2,1-4H3,(H,26,30). The van der Waals surface area contributed by atoms with Crippen LogP contribution in [0, 0.1) is 5.41 Å². The molecule has 1 heterocycles. The molecule has 0 radical (unpaired) electrons. The zero-order valence-electron chi connectivity index (χ0n) is 18.3. The Morgan fingerprint density at radius 2 is 1.78 bits per heavy atom. The van der Waals surface area contributed by atoms with Gasteiger partial charge >= 0.3 is 6.18 Å². The summed E-state index contributed by atoms with van der Waals surface area (Å²) in [5.74, 6) is -3.91. The molecule has 0 fully saturated rings. The van der Waals surface area contributed by atoms with Gasteiger partial charge in [0.1, 0.15) is 6.04 Å². The summed E-state index contributed by atoms with van der Waals surface area (Å²) >= 11 is 0. The number of hydrogen-bond donors (Lipinski definition) is 3. The highest BCUT2D eigenvalue weighted by Gasteiger charge is 2.51. The molecular weight excluding hydrogens is 429 g/mol. The second-order valence-electron chi connectivity index (χ2n) is 8.68. The highest BCUT2D eigenvalue weighted by atomic mass is 19.4. The number of Topliss-reactive ketones (excluding diaryl/α,β-unsaturated/α-hetero) is 1. The van der Waals surface area contributed by atoms with Gasteiger partial charge in [-0.25, -0.2) is 5.48 Å². The zero-order valence-corrected chi connectivity index (χ0v) is 18.3. The maximum Gasteiger partial charge on any atom is 0.416 e. The molecule has 1 aromatic rings. The van der Waals surface area contributed by atoms with E-state index in [-0.39, 0.29) is 6.42 Å². The molecule has 2 rings (SSSR count). The van der Waals surface area contributed by atoms with Gasteiger partial charge in [-0.05, 0) is 18.1 Å². The van der Waals surface area contributed by atoms with Gasteiger partial charge < -0.3 is 10.0 Å². The lowest BCUT2D eigenvalue weighted by atomic mass is 9.81. The van der Waals surface area contributed by atoms with Crippen molar-refractivity contribution in [1.29, 1.82) is 0 Å². The van der Waals surface area contributed by atoms with E-state index in [4.69, 9.17) is 0 Å². The van der Waals surface area contributed by atoms with Crippen LogP contribution >= 0.6 is 0 Å². The second-order valence-corrected chi connectivity index (χ2v) is 8.68. The summed E-state index contributed by atoms with van der Waals surface area (Å²) < 4.78 is 41.5. The van der Waals surface area contributed by atoms with Gasteiger partial charge in [0.25, 0.3) is 11.8 Å². The average molecular weight is 456 g/mol. The van der Waals surface area contributed by atoms with Crippen molar-refractivity contribution in [2.24, 2.45) is 5.41 Å². The number of unbranched alkanes of at least 4 members (excludes halogenated alkanes) is 1. The fourth-order valence-electron chi connectivity index (χ4n) is 3.75. The Kier molecular flexibility index (Phi) is 7.39. The van der Waals surface area contributed by atoms with E-state index in [0.717, 1.165) is 23.1 Å². The molecule has 0 saturated heterocycles. The van der Waals surface area contributed by atoms with Crippen molar-refractivity contribution in [3.05, 3.63) is 46.7 Å². The Morgan fingerprint density at radius 3 is 2.28 bits per heavy atom. The molecule has 2 atom stereocenters. The van der Waals surface area contributed by atoms with E-state index in [9.17, 15) is 37.9 Å². The maximum atomic E-state index is 13.8. The number of carbonyl (C=O) groups is 3. The van der Waals surface area contributed by atoms with E-state index in [1.165, 1.54) is 32.3 Å². The summed E-state index contributed by atoms with van der Waals surface area (Å²) in [5.41, 5.74) is -1.75. The van der Waals surface area contributed by atoms with E-state index in [0.29, 0.717) is 12.8 Å². The number of aliphatic hydroxyl groups is 1. The number of amides is 2. The monoisotopic (exact) mass is 456 g/mol. The van der Waals surface area contributed by atoms with Gasteiger partial charge in [0.15, 0.2) is 11.5 Å². The first-order valence-electron chi connectivity index (χ1n) is 10.2. The fraction of sp³-hybridized carbons (Fsp3) is 0.500. The SMILES string of the molecule is CCCCC(C(=O)NO)N1C(=O)C(O)=C(C(=O)C(C)(C)C)C1c1ccccc1C(F)(F)F. The van der Waals surface area contributed by atoms with Crippen LogP contribution in [-0.4, -0.2) is 38.9 Å². The average Bonchev–Trinajstić information content (AvgIpc) is 2.97. The predicted molar refractivity (Wildman–Crippen MR) is 108 cm³/mol. The largest absolute Gasteiger partial charge is 0.503 e. The van der Waals surface area contributed by atoms with Crippen LogP contribution in [0.25, 0.3) is 0 Å². The van der Waals surface area contributed by atoms with Gasteiger partial charge in [0.2, 0.25) is 0 Å². The normalized spacial score (nSPS) is 18.2. The van der Waals surface area contributed by atoms with Crippen molar-refractivity contribution >= 4 is 17.6 Å². The molecule has 0 aromatic heterocycles. The van der Waals surface area contributed by atoms with Crippen molar-refractivity contribution in [2.45, 2.75) is 65.2 Å². The minimum absolute atomic E-state index is 0.00356. The van der Waals surface area contributed by atoms with Gasteiger partial charge in [-0.15, -0.1) is 0 Å². The van der Waals surface area contributed by atoms with Gasteiger partial charge in [-0.2, -0.15) is 13.2 Å². The van der Waals surface area contributed by atoms with E-state index in [1.54, 1.807) is 6.92 Å². The highest BCUT2D eigenvalue weighted by molar-refractivity contribution is 6.11. The number of hydroxylamine groups is 1. The molecule has 1 aliphatic rings. The number of benzene rings is 1. The molecule has 1 aromatic carbocycles. The summed E-state index contributed by atoms with van der Waals surface area (Å²) in [6, 6.07) is 1.32. The van der Waals surface area contributed by atoms with Crippen molar-refractivity contribution in [3.63, 3.8) is 0 Å². The van der Waals surface area contributed by atoms with Crippen molar-refractivity contribution in [1.82, 2.24) is 10.4 Å². The number of ketones is 1. The van der Waals surface area contributed by atoms with Gasteiger partial charge in [-0.3, -0.25) is 19.6 Å². The number of carbonyl (C=O) groups excluding carboxylic acids is 3. The number of halogens is 3. The number of nitrogens with zero attached hydrogens (tertiary/aromatic N) is 1. The first-order chi connectivity index (χ1) is 14.8. The Bertz CT molecular complexity index is 934. The Balaban J connectivity index is 2.82. The molecule has 1 aliphatic heterocycles. The molecule has 32 heavy (non-hydrogen) atoms. The summed E-state index contributed by atoms with van der Waals surface area (Å²) in [5, 5.41) is 19.8. The smallest absolute Gasteiger partial charge is 0.416 e. The Morgan fingerprint density at radius 1 is 1.19 bits per heavy atom. The molecule has 0 saturated carbocycles. The van der Waals surface area contributed by atoms with Gasteiger partial charge in [0.05, 0.1) is 17.2 Å². The van der Waals surface area contributed by atoms with Crippen LogP contribution in [0.2, 0.25) is 0 Å². The van der Waals surface area contributed by atoms with Crippen LogP contribution < -0.4 is 5.48 Å². The number of rotatable bonds is 7. The highest BCUT2D eigenvalue weighted by Crippen LogP contribution is 2.46. The first-order valence-corrected chi connectivity index (χ1v) is 10.2. The minimum Gasteiger partial charge on any atom is -0.503 e. The predicted octanol–water partition coefficient (Wildman–Crippen LogP) is 4.08. The summed E-state index contributed by atoms with van der Waals surface area (Å²) in [6.07, 6.45) is -3.83. The molecule has 0 bridgehead atoms. The van der Waals surface area contributed by atoms with Crippen molar-refractivity contribution in [2.75, 3.05) is 0 Å². The first kappa shape index (κ1) is 25.4. The van der Waals surface area contributed by atoms with E-state index in [1.807, 2.05) is 0 Å². The number of alkyl halides is 3. The third kappa shape index (κ3) is 4.79. The van der Waals surface area contributed by atoms with Crippen LogP contribution in [-0.2, 0) is 20.6 Å². The van der Waals surface area contributed by atoms with Crippen LogP contribution in [0.4, 0.5) is 13.2 Å². The van der Waals surface area contributed by atoms with E-state index < -0.39 is 63.7 Å². The fourth-order valence-corrected chi connectivity index (χ4v) is 3.75. The Labute approximate surface area is 183 Å². The van der Waals surface area contributed by atoms with Gasteiger partial charge in [-0.1, -0.05) is 58.7 Å².